The Morgan fingerprint density at radius 1 is 1.60 bits per heavy atom. The van der Waals surface area contributed by atoms with Crippen molar-refractivity contribution in [2.45, 2.75) is 25.0 Å². The molecule has 2 fully saturated rings. The fraction of sp³-hybridized carbons (Fsp3) is 0.900. The molecule has 0 aliphatic carbocycles. The summed E-state index contributed by atoms with van der Waals surface area (Å²) < 4.78 is 5.53. The average molecular weight is 214 g/mol. The lowest BCUT2D eigenvalue weighted by molar-refractivity contribution is -0.131. The SMILES string of the molecule is O=C1NCCN(CC2CCCO2)C1CO. The van der Waals surface area contributed by atoms with Crippen molar-refractivity contribution >= 4 is 5.91 Å². The van der Waals surface area contributed by atoms with Gasteiger partial charge in [-0.25, -0.2) is 0 Å². The first-order valence-corrected chi connectivity index (χ1v) is 5.55. The molecule has 2 unspecified atom stereocenters. The van der Waals surface area contributed by atoms with Crippen LogP contribution in [0.5, 0.6) is 0 Å². The van der Waals surface area contributed by atoms with E-state index in [1.807, 2.05) is 4.90 Å². The van der Waals surface area contributed by atoms with Crippen LogP contribution in [0.1, 0.15) is 12.8 Å². The van der Waals surface area contributed by atoms with E-state index in [0.717, 1.165) is 32.5 Å². The van der Waals surface area contributed by atoms with E-state index in [4.69, 9.17) is 9.84 Å². The average Bonchev–Trinajstić information content (AvgIpc) is 2.71. The standard InChI is InChI=1S/C10H18N2O3/c13-7-9-10(14)11-3-4-12(9)6-8-2-1-5-15-8/h8-9,13H,1-7H2,(H,11,14). The van der Waals surface area contributed by atoms with E-state index in [0.29, 0.717) is 6.54 Å². The molecule has 2 saturated heterocycles. The molecule has 1 amide bonds. The molecule has 86 valence electrons. The van der Waals surface area contributed by atoms with Crippen molar-refractivity contribution in [1.29, 1.82) is 0 Å². The first-order valence-electron chi connectivity index (χ1n) is 5.55. The summed E-state index contributed by atoms with van der Waals surface area (Å²) in [6.45, 7) is 2.95. The first-order chi connectivity index (χ1) is 7.31. The van der Waals surface area contributed by atoms with Crippen LogP contribution >= 0.6 is 0 Å². The van der Waals surface area contributed by atoms with Crippen LogP contribution in [0.4, 0.5) is 0 Å². The molecule has 5 nitrogen and oxygen atoms in total. The maximum absolute atomic E-state index is 11.5. The van der Waals surface area contributed by atoms with Gasteiger partial charge < -0.3 is 15.2 Å². The van der Waals surface area contributed by atoms with E-state index in [-0.39, 0.29) is 24.7 Å². The Morgan fingerprint density at radius 2 is 2.47 bits per heavy atom. The lowest BCUT2D eigenvalue weighted by Gasteiger charge is -2.35. The summed E-state index contributed by atoms with van der Waals surface area (Å²) in [6.07, 6.45) is 2.41. The second-order valence-corrected chi connectivity index (χ2v) is 4.12. The molecule has 0 saturated carbocycles. The molecule has 0 aromatic rings. The summed E-state index contributed by atoms with van der Waals surface area (Å²) in [5, 5.41) is 11.9. The van der Waals surface area contributed by atoms with Crippen molar-refractivity contribution in [1.82, 2.24) is 10.2 Å². The Labute approximate surface area is 89.4 Å². The number of carbonyl (C=O) groups excluding carboxylic acids is 1. The molecule has 2 heterocycles. The van der Waals surface area contributed by atoms with E-state index in [9.17, 15) is 4.79 Å². The van der Waals surface area contributed by atoms with E-state index in [2.05, 4.69) is 5.32 Å². The van der Waals surface area contributed by atoms with Crippen LogP contribution < -0.4 is 5.32 Å². The number of nitrogens with one attached hydrogen (secondary N) is 1. The predicted octanol–water partition coefficient (Wildman–Crippen LogP) is -1.04. The quantitative estimate of drug-likeness (QED) is 0.630. The number of hydrogen-bond acceptors (Lipinski definition) is 4. The Bertz CT molecular complexity index is 229. The molecule has 0 aromatic carbocycles. The minimum atomic E-state index is -0.386. The fourth-order valence-corrected chi connectivity index (χ4v) is 2.23. The highest BCUT2D eigenvalue weighted by Crippen LogP contribution is 2.15. The Kier molecular flexibility index (Phi) is 3.56. The van der Waals surface area contributed by atoms with Gasteiger partial charge in [-0.2, -0.15) is 0 Å². The topological polar surface area (TPSA) is 61.8 Å². The Hall–Kier alpha value is -0.650. The molecule has 15 heavy (non-hydrogen) atoms. The Balaban J connectivity index is 1.90. The molecule has 2 atom stereocenters. The van der Waals surface area contributed by atoms with Gasteiger partial charge in [-0.05, 0) is 12.8 Å². The minimum absolute atomic E-state index is 0.0678. The van der Waals surface area contributed by atoms with Gasteiger partial charge in [0.2, 0.25) is 5.91 Å². The van der Waals surface area contributed by atoms with E-state index in [1.54, 1.807) is 0 Å². The maximum atomic E-state index is 11.5. The number of aliphatic hydroxyl groups excluding tert-OH is 1. The molecule has 0 aromatic heterocycles. The molecule has 0 spiro atoms. The zero-order valence-electron chi connectivity index (χ0n) is 8.82. The van der Waals surface area contributed by atoms with Gasteiger partial charge in [0, 0.05) is 26.2 Å². The highest BCUT2D eigenvalue weighted by Gasteiger charge is 2.31. The summed E-state index contributed by atoms with van der Waals surface area (Å²) in [4.78, 5) is 13.5. The van der Waals surface area contributed by atoms with E-state index in [1.165, 1.54) is 0 Å². The van der Waals surface area contributed by atoms with Gasteiger partial charge in [0.25, 0.3) is 0 Å². The van der Waals surface area contributed by atoms with E-state index >= 15 is 0 Å². The van der Waals surface area contributed by atoms with Gasteiger partial charge in [0.05, 0.1) is 12.7 Å². The maximum Gasteiger partial charge on any atom is 0.239 e. The summed E-state index contributed by atoms with van der Waals surface area (Å²) in [5.41, 5.74) is 0. The number of piperazine rings is 1. The van der Waals surface area contributed by atoms with Gasteiger partial charge in [0.15, 0.2) is 0 Å². The van der Waals surface area contributed by atoms with E-state index < -0.39 is 0 Å². The van der Waals surface area contributed by atoms with Crippen LogP contribution in [-0.2, 0) is 9.53 Å². The molecule has 0 bridgehead atoms. The fourth-order valence-electron chi connectivity index (χ4n) is 2.23. The number of hydrogen-bond donors (Lipinski definition) is 2. The molecule has 2 aliphatic rings. The highest BCUT2D eigenvalue weighted by atomic mass is 16.5. The normalized spacial score (nSPS) is 33.0. The molecular weight excluding hydrogens is 196 g/mol. The highest BCUT2D eigenvalue weighted by molar-refractivity contribution is 5.82. The smallest absolute Gasteiger partial charge is 0.239 e. The summed E-state index contributed by atoms with van der Waals surface area (Å²) in [5.74, 6) is -0.0678. The second kappa shape index (κ2) is 4.92. The molecule has 5 heteroatoms. The molecule has 2 rings (SSSR count). The van der Waals surface area contributed by atoms with Crippen LogP contribution in [-0.4, -0.2) is 60.9 Å². The molecule has 2 aliphatic heterocycles. The summed E-state index contributed by atoms with van der Waals surface area (Å²) in [6, 6.07) is -0.386. The number of nitrogens with zero attached hydrogens (tertiary/aromatic N) is 1. The third kappa shape index (κ3) is 2.48. The molecular formula is C10H18N2O3. The van der Waals surface area contributed by atoms with Gasteiger partial charge >= 0.3 is 0 Å². The minimum Gasteiger partial charge on any atom is -0.394 e. The number of carbonyl (C=O) groups is 1. The lowest BCUT2D eigenvalue weighted by Crippen LogP contribution is -2.58. The van der Waals surface area contributed by atoms with Crippen LogP contribution in [0.25, 0.3) is 0 Å². The number of amides is 1. The summed E-state index contributed by atoms with van der Waals surface area (Å²) in [7, 11) is 0. The first kappa shape index (κ1) is 10.9. The van der Waals surface area contributed by atoms with Crippen molar-refractivity contribution in [3.05, 3.63) is 0 Å². The Morgan fingerprint density at radius 3 is 3.13 bits per heavy atom. The van der Waals surface area contributed by atoms with Gasteiger partial charge in [-0.3, -0.25) is 9.69 Å². The third-order valence-electron chi connectivity index (χ3n) is 3.08. The van der Waals surface area contributed by atoms with Gasteiger partial charge in [-0.15, -0.1) is 0 Å². The van der Waals surface area contributed by atoms with Gasteiger partial charge in [-0.1, -0.05) is 0 Å². The van der Waals surface area contributed by atoms with Crippen molar-refractivity contribution in [2.75, 3.05) is 32.8 Å². The summed E-state index contributed by atoms with van der Waals surface area (Å²) >= 11 is 0. The van der Waals surface area contributed by atoms with Crippen LogP contribution in [0.2, 0.25) is 0 Å². The number of ether oxygens (including phenoxy) is 1. The van der Waals surface area contributed by atoms with Gasteiger partial charge in [0.1, 0.15) is 6.04 Å². The third-order valence-corrected chi connectivity index (χ3v) is 3.08. The van der Waals surface area contributed by atoms with Crippen molar-refractivity contribution < 1.29 is 14.6 Å². The second-order valence-electron chi connectivity index (χ2n) is 4.12. The zero-order valence-corrected chi connectivity index (χ0v) is 8.82. The lowest BCUT2D eigenvalue weighted by atomic mass is 10.1. The predicted molar refractivity (Wildman–Crippen MR) is 54.4 cm³/mol. The number of rotatable bonds is 3. The van der Waals surface area contributed by atoms with Crippen molar-refractivity contribution in [3.8, 4) is 0 Å². The zero-order chi connectivity index (χ0) is 10.7. The van der Waals surface area contributed by atoms with Crippen LogP contribution in [0, 0.1) is 0 Å². The van der Waals surface area contributed by atoms with Crippen molar-refractivity contribution in [3.63, 3.8) is 0 Å². The number of aliphatic hydroxyl groups is 1. The molecule has 2 N–H and O–H groups in total. The largest absolute Gasteiger partial charge is 0.394 e. The molecule has 0 radical (unpaired) electrons. The van der Waals surface area contributed by atoms with Crippen LogP contribution in [0.15, 0.2) is 0 Å². The van der Waals surface area contributed by atoms with Crippen LogP contribution in [0.3, 0.4) is 0 Å². The monoisotopic (exact) mass is 214 g/mol. The van der Waals surface area contributed by atoms with Crippen molar-refractivity contribution in [2.24, 2.45) is 0 Å².